The van der Waals surface area contributed by atoms with E-state index in [9.17, 15) is 4.39 Å². The summed E-state index contributed by atoms with van der Waals surface area (Å²) in [6.07, 6.45) is 4.49. The number of benzene rings is 1. The van der Waals surface area contributed by atoms with Crippen molar-refractivity contribution in [2.45, 2.75) is 38.6 Å². The molecule has 1 N–H and O–H groups in total. The van der Waals surface area contributed by atoms with Crippen molar-refractivity contribution in [2.75, 3.05) is 6.54 Å². The molecule has 1 aliphatic rings. The van der Waals surface area contributed by atoms with Crippen molar-refractivity contribution in [3.63, 3.8) is 0 Å². The number of nitrogens with one attached hydrogen (secondary N) is 1. The Morgan fingerprint density at radius 2 is 2.29 bits per heavy atom. The van der Waals surface area contributed by atoms with Crippen LogP contribution in [0, 0.1) is 5.82 Å². The normalized spacial score (nSPS) is 17.8. The molecule has 1 aromatic heterocycles. The quantitative estimate of drug-likeness (QED) is 0.858. The van der Waals surface area contributed by atoms with Gasteiger partial charge in [-0.15, -0.1) is 11.3 Å². The van der Waals surface area contributed by atoms with E-state index < -0.39 is 0 Å². The lowest BCUT2D eigenvalue weighted by Crippen LogP contribution is -2.25. The first-order chi connectivity index (χ1) is 10.2. The average Bonchev–Trinajstić information content (AvgIpc) is 2.88. The van der Waals surface area contributed by atoms with Crippen molar-refractivity contribution in [2.24, 2.45) is 0 Å². The Hall–Kier alpha value is -0.970. The zero-order valence-electron chi connectivity index (χ0n) is 12.0. The van der Waals surface area contributed by atoms with Gasteiger partial charge in [0.25, 0.3) is 0 Å². The highest BCUT2D eigenvalue weighted by Crippen LogP contribution is 2.37. The zero-order valence-corrected chi connectivity index (χ0v) is 13.5. The summed E-state index contributed by atoms with van der Waals surface area (Å²) in [4.78, 5) is 6.09. The van der Waals surface area contributed by atoms with Gasteiger partial charge in [-0.1, -0.05) is 18.5 Å². The third kappa shape index (κ3) is 3.28. The minimum absolute atomic E-state index is 0.314. The summed E-state index contributed by atoms with van der Waals surface area (Å²) < 4.78 is 13.5. The number of hydrogen-bond donors (Lipinski definition) is 1. The summed E-state index contributed by atoms with van der Waals surface area (Å²) >= 11 is 7.62. The second-order valence-corrected chi connectivity index (χ2v) is 6.90. The second kappa shape index (κ2) is 6.42. The molecule has 0 spiro atoms. The highest BCUT2D eigenvalue weighted by atomic mass is 35.5. The number of aromatic nitrogens is 1. The van der Waals surface area contributed by atoms with Crippen LogP contribution >= 0.6 is 22.9 Å². The molecule has 1 aliphatic carbocycles. The molecule has 2 nitrogen and oxygen atoms in total. The summed E-state index contributed by atoms with van der Waals surface area (Å²) in [5, 5.41) is 4.84. The van der Waals surface area contributed by atoms with Crippen LogP contribution in [-0.2, 0) is 6.42 Å². The molecule has 112 valence electrons. The van der Waals surface area contributed by atoms with E-state index in [1.807, 2.05) is 0 Å². The molecule has 0 radical (unpaired) electrons. The Bertz CT molecular complexity index is 621. The molecule has 3 rings (SSSR count). The lowest BCUT2D eigenvalue weighted by atomic mass is 9.97. The molecule has 2 aromatic rings. The Labute approximate surface area is 133 Å². The molecular formula is C16H18ClFN2S. The second-order valence-electron chi connectivity index (χ2n) is 5.38. The zero-order chi connectivity index (χ0) is 14.8. The van der Waals surface area contributed by atoms with Gasteiger partial charge in [-0.05, 0) is 50.4 Å². The minimum Gasteiger partial charge on any atom is -0.309 e. The maximum atomic E-state index is 13.5. The van der Waals surface area contributed by atoms with Gasteiger partial charge in [0.2, 0.25) is 0 Å². The maximum absolute atomic E-state index is 13.5. The fourth-order valence-corrected chi connectivity index (χ4v) is 4.11. The fourth-order valence-electron chi connectivity index (χ4n) is 2.74. The van der Waals surface area contributed by atoms with Gasteiger partial charge in [0, 0.05) is 15.5 Å². The fraction of sp³-hybridized carbons (Fsp3) is 0.438. The molecule has 21 heavy (non-hydrogen) atoms. The molecule has 1 atom stereocenters. The van der Waals surface area contributed by atoms with Gasteiger partial charge in [0.15, 0.2) is 0 Å². The molecule has 1 aromatic carbocycles. The third-order valence-electron chi connectivity index (χ3n) is 3.70. The highest BCUT2D eigenvalue weighted by molar-refractivity contribution is 7.15. The van der Waals surface area contributed by atoms with Crippen LogP contribution in [0.5, 0.6) is 0 Å². The molecule has 0 saturated heterocycles. The first-order valence-electron chi connectivity index (χ1n) is 7.37. The highest BCUT2D eigenvalue weighted by Gasteiger charge is 2.24. The summed E-state index contributed by atoms with van der Waals surface area (Å²) in [5.41, 5.74) is 1.92. The predicted octanol–water partition coefficient (Wildman–Crippen LogP) is 4.98. The number of hydrogen-bond acceptors (Lipinski definition) is 3. The van der Waals surface area contributed by atoms with E-state index in [-0.39, 0.29) is 5.82 Å². The van der Waals surface area contributed by atoms with Crippen molar-refractivity contribution in [3.8, 4) is 10.6 Å². The van der Waals surface area contributed by atoms with Crippen LogP contribution in [-0.4, -0.2) is 11.5 Å². The van der Waals surface area contributed by atoms with Gasteiger partial charge in [-0.2, -0.15) is 0 Å². The first-order valence-corrected chi connectivity index (χ1v) is 8.56. The lowest BCUT2D eigenvalue weighted by Gasteiger charge is -2.22. The largest absolute Gasteiger partial charge is 0.309 e. The smallest absolute Gasteiger partial charge is 0.125 e. The summed E-state index contributed by atoms with van der Waals surface area (Å²) in [7, 11) is 0. The number of halogens is 2. The van der Waals surface area contributed by atoms with Gasteiger partial charge in [-0.3, -0.25) is 0 Å². The summed E-state index contributed by atoms with van der Waals surface area (Å²) in [6, 6.07) is 4.95. The predicted molar refractivity (Wildman–Crippen MR) is 86.5 cm³/mol. The molecule has 0 amide bonds. The van der Waals surface area contributed by atoms with Gasteiger partial charge in [-0.25, -0.2) is 9.37 Å². The Balaban J connectivity index is 1.93. The summed E-state index contributed by atoms with van der Waals surface area (Å²) in [5.74, 6) is -0.314. The molecular weight excluding hydrogens is 307 g/mol. The third-order valence-corrected chi connectivity index (χ3v) is 5.10. The van der Waals surface area contributed by atoms with Crippen LogP contribution < -0.4 is 5.32 Å². The van der Waals surface area contributed by atoms with Crippen molar-refractivity contribution in [3.05, 3.63) is 39.6 Å². The van der Waals surface area contributed by atoms with E-state index in [1.165, 1.54) is 23.4 Å². The van der Waals surface area contributed by atoms with Crippen LogP contribution in [0.3, 0.4) is 0 Å². The number of nitrogens with zero attached hydrogens (tertiary/aromatic N) is 1. The van der Waals surface area contributed by atoms with Crippen molar-refractivity contribution < 1.29 is 4.39 Å². The van der Waals surface area contributed by atoms with Crippen LogP contribution in [0.25, 0.3) is 10.6 Å². The maximum Gasteiger partial charge on any atom is 0.125 e. The summed E-state index contributed by atoms with van der Waals surface area (Å²) in [6.45, 7) is 3.17. The number of fused-ring (bicyclic) bond motifs is 1. The lowest BCUT2D eigenvalue weighted by molar-refractivity contribution is 0.454. The topological polar surface area (TPSA) is 24.9 Å². The van der Waals surface area contributed by atoms with E-state index in [0.717, 1.165) is 42.1 Å². The van der Waals surface area contributed by atoms with E-state index in [1.54, 1.807) is 17.4 Å². The van der Waals surface area contributed by atoms with Crippen molar-refractivity contribution >= 4 is 22.9 Å². The Morgan fingerprint density at radius 1 is 1.43 bits per heavy atom. The Kier molecular flexibility index (Phi) is 4.57. The number of rotatable bonds is 4. The van der Waals surface area contributed by atoms with Gasteiger partial charge in [0.1, 0.15) is 10.8 Å². The van der Waals surface area contributed by atoms with E-state index in [0.29, 0.717) is 11.1 Å². The van der Waals surface area contributed by atoms with Gasteiger partial charge >= 0.3 is 0 Å². The van der Waals surface area contributed by atoms with Gasteiger partial charge < -0.3 is 5.32 Å². The van der Waals surface area contributed by atoms with E-state index in [2.05, 4.69) is 12.2 Å². The van der Waals surface area contributed by atoms with Crippen LogP contribution in [0.2, 0.25) is 5.02 Å². The van der Waals surface area contributed by atoms with E-state index >= 15 is 0 Å². The van der Waals surface area contributed by atoms with Gasteiger partial charge in [0.05, 0.1) is 11.7 Å². The molecule has 1 unspecified atom stereocenters. The molecule has 0 saturated carbocycles. The van der Waals surface area contributed by atoms with Crippen LogP contribution in [0.1, 0.15) is 42.8 Å². The SMILES string of the molecule is CCCNC1CCCc2sc(-c3cc(F)cc(Cl)c3)nc21. The van der Waals surface area contributed by atoms with E-state index in [4.69, 9.17) is 16.6 Å². The van der Waals surface area contributed by atoms with Crippen LogP contribution in [0.15, 0.2) is 18.2 Å². The number of thiazole rings is 1. The molecule has 1 heterocycles. The van der Waals surface area contributed by atoms with Crippen LogP contribution in [0.4, 0.5) is 4.39 Å². The minimum atomic E-state index is -0.314. The number of aryl methyl sites for hydroxylation is 1. The first kappa shape index (κ1) is 14.9. The molecule has 5 heteroatoms. The molecule has 0 bridgehead atoms. The molecule has 0 fully saturated rings. The average molecular weight is 325 g/mol. The standard InChI is InChI=1S/C16H18ClFN2S/c1-2-6-19-13-4-3-5-14-15(13)20-16(21-14)10-7-11(17)9-12(18)8-10/h7-9,13,19H,2-6H2,1H3. The Morgan fingerprint density at radius 3 is 3.05 bits per heavy atom. The monoisotopic (exact) mass is 324 g/mol. The van der Waals surface area contributed by atoms with Crippen molar-refractivity contribution in [1.82, 2.24) is 10.3 Å². The van der Waals surface area contributed by atoms with Crippen molar-refractivity contribution in [1.29, 1.82) is 0 Å². The molecule has 0 aliphatic heterocycles.